The van der Waals surface area contributed by atoms with Gasteiger partial charge >= 0.3 is 0 Å². The lowest BCUT2D eigenvalue weighted by Crippen LogP contribution is -2.08. The summed E-state index contributed by atoms with van der Waals surface area (Å²) in [5.74, 6) is 1.99. The molecule has 0 aliphatic carbocycles. The van der Waals surface area contributed by atoms with Crippen LogP contribution in [0.25, 0.3) is 0 Å². The van der Waals surface area contributed by atoms with Gasteiger partial charge in [0.1, 0.15) is 0 Å². The topological polar surface area (TPSA) is 12.0 Å². The van der Waals surface area contributed by atoms with E-state index >= 15 is 0 Å². The van der Waals surface area contributed by atoms with Gasteiger partial charge in [-0.15, -0.1) is 0 Å². The first-order chi connectivity index (χ1) is 10.9. The van der Waals surface area contributed by atoms with Crippen molar-refractivity contribution < 1.29 is 0 Å². The Morgan fingerprint density at radius 1 is 1.04 bits per heavy atom. The summed E-state index contributed by atoms with van der Waals surface area (Å²) in [6.07, 6.45) is 15.1. The van der Waals surface area contributed by atoms with Crippen molar-refractivity contribution in [2.45, 2.75) is 67.7 Å². The van der Waals surface area contributed by atoms with E-state index in [9.17, 15) is 0 Å². The fourth-order valence-electron chi connectivity index (χ4n) is 2.67. The van der Waals surface area contributed by atoms with Gasteiger partial charge in [-0.25, -0.2) is 0 Å². The molecule has 1 N–H and O–H groups in total. The highest BCUT2D eigenvalue weighted by Crippen LogP contribution is 2.27. The lowest BCUT2D eigenvalue weighted by Gasteiger charge is -2.20. The van der Waals surface area contributed by atoms with Crippen LogP contribution >= 0.6 is 0 Å². The third-order valence-electron chi connectivity index (χ3n) is 4.94. The molecule has 0 saturated carbocycles. The first kappa shape index (κ1) is 21.8. The molecular formula is C22H39N. The van der Waals surface area contributed by atoms with Gasteiger partial charge in [0.05, 0.1) is 0 Å². The van der Waals surface area contributed by atoms with Crippen molar-refractivity contribution in [3.05, 3.63) is 47.2 Å². The minimum Gasteiger partial charge on any atom is -0.392 e. The Morgan fingerprint density at radius 2 is 1.70 bits per heavy atom. The van der Waals surface area contributed by atoms with Gasteiger partial charge in [0.2, 0.25) is 0 Å². The highest BCUT2D eigenvalue weighted by Gasteiger charge is 2.14. The number of hydrogen-bond donors (Lipinski definition) is 1. The van der Waals surface area contributed by atoms with E-state index in [4.69, 9.17) is 0 Å². The maximum absolute atomic E-state index is 3.20. The quantitative estimate of drug-likeness (QED) is 0.444. The Bertz CT molecular complexity index is 435. The van der Waals surface area contributed by atoms with E-state index in [1.54, 1.807) is 0 Å². The Morgan fingerprint density at radius 3 is 2.13 bits per heavy atom. The highest BCUT2D eigenvalue weighted by atomic mass is 14.8. The minimum atomic E-state index is 0.596. The second-order valence-electron chi connectivity index (χ2n) is 6.81. The molecule has 23 heavy (non-hydrogen) atoms. The normalized spacial score (nSPS) is 17.0. The van der Waals surface area contributed by atoms with Gasteiger partial charge in [0, 0.05) is 12.7 Å². The van der Waals surface area contributed by atoms with Crippen LogP contribution in [-0.2, 0) is 0 Å². The van der Waals surface area contributed by atoms with Gasteiger partial charge in [0.15, 0.2) is 0 Å². The van der Waals surface area contributed by atoms with E-state index < -0.39 is 0 Å². The predicted molar refractivity (Wildman–Crippen MR) is 106 cm³/mol. The van der Waals surface area contributed by atoms with Crippen LogP contribution < -0.4 is 5.32 Å². The highest BCUT2D eigenvalue weighted by molar-refractivity contribution is 5.40. The number of allylic oxidation sites excluding steroid dienone is 8. The Hall–Kier alpha value is -1.24. The average Bonchev–Trinajstić information content (AvgIpc) is 2.55. The second-order valence-corrected chi connectivity index (χ2v) is 6.81. The predicted octanol–water partition coefficient (Wildman–Crippen LogP) is 6.66. The van der Waals surface area contributed by atoms with E-state index in [2.05, 4.69) is 84.2 Å². The van der Waals surface area contributed by atoms with Crippen LogP contribution in [-0.4, -0.2) is 7.05 Å². The molecule has 0 fully saturated rings. The molecule has 1 heteroatoms. The maximum atomic E-state index is 3.20. The van der Waals surface area contributed by atoms with E-state index in [1.807, 2.05) is 7.05 Å². The van der Waals surface area contributed by atoms with Gasteiger partial charge < -0.3 is 5.32 Å². The van der Waals surface area contributed by atoms with Gasteiger partial charge in [-0.05, 0) is 62.5 Å². The minimum absolute atomic E-state index is 0.596. The molecule has 0 radical (unpaired) electrons. The third kappa shape index (κ3) is 8.25. The van der Waals surface area contributed by atoms with E-state index in [0.29, 0.717) is 11.8 Å². The Labute approximate surface area is 145 Å². The van der Waals surface area contributed by atoms with Crippen LogP contribution in [0.5, 0.6) is 0 Å². The average molecular weight is 318 g/mol. The maximum Gasteiger partial charge on any atom is 0.00320 e. The molecule has 0 aromatic heterocycles. The van der Waals surface area contributed by atoms with Gasteiger partial charge in [-0.3, -0.25) is 0 Å². The molecule has 132 valence electrons. The third-order valence-corrected chi connectivity index (χ3v) is 4.94. The van der Waals surface area contributed by atoms with Gasteiger partial charge in [-0.1, -0.05) is 64.5 Å². The summed E-state index contributed by atoms with van der Waals surface area (Å²) >= 11 is 0. The molecule has 0 amide bonds. The largest absolute Gasteiger partial charge is 0.392 e. The van der Waals surface area contributed by atoms with E-state index in [0.717, 1.165) is 18.8 Å². The molecule has 2 atom stereocenters. The molecule has 0 aliphatic heterocycles. The SMILES string of the molecule is C/C=C(\C=C/CC(CC)C/C=C(\C)NC)C(=C/C)/C(C)C(C)C. The molecule has 0 saturated heterocycles. The summed E-state index contributed by atoms with van der Waals surface area (Å²) in [7, 11) is 1.99. The molecule has 0 aliphatic rings. The van der Waals surface area contributed by atoms with Crippen LogP contribution in [0.2, 0.25) is 0 Å². The number of hydrogen-bond acceptors (Lipinski definition) is 1. The zero-order valence-corrected chi connectivity index (χ0v) is 16.7. The zero-order valence-electron chi connectivity index (χ0n) is 16.7. The molecule has 0 spiro atoms. The van der Waals surface area contributed by atoms with Crippen molar-refractivity contribution in [2.24, 2.45) is 17.8 Å². The first-order valence-electron chi connectivity index (χ1n) is 9.25. The number of rotatable bonds is 10. The fourth-order valence-corrected chi connectivity index (χ4v) is 2.67. The van der Waals surface area contributed by atoms with Crippen molar-refractivity contribution >= 4 is 0 Å². The van der Waals surface area contributed by atoms with Crippen LogP contribution in [0.1, 0.15) is 67.7 Å². The van der Waals surface area contributed by atoms with Crippen molar-refractivity contribution in [1.29, 1.82) is 0 Å². The lowest BCUT2D eigenvalue weighted by atomic mass is 9.85. The van der Waals surface area contributed by atoms with Crippen molar-refractivity contribution in [1.82, 2.24) is 5.32 Å². The molecular weight excluding hydrogens is 278 g/mol. The molecule has 0 aromatic carbocycles. The standard InChI is InChI=1S/C22H39N/c1-9-20(16-15-18(6)23-8)13-12-14-21(10-2)22(11-3)19(7)17(4)5/h10-12,14-15,17,19-20,23H,9,13,16H2,1-8H3/b14-12-,18-15+,21-10+,22-11+. The first-order valence-corrected chi connectivity index (χ1v) is 9.25. The molecule has 0 bridgehead atoms. The zero-order chi connectivity index (χ0) is 17.8. The van der Waals surface area contributed by atoms with E-state index in [-0.39, 0.29) is 0 Å². The van der Waals surface area contributed by atoms with Crippen LogP contribution in [0, 0.1) is 17.8 Å². The molecule has 0 aromatic rings. The lowest BCUT2D eigenvalue weighted by molar-refractivity contribution is 0.484. The van der Waals surface area contributed by atoms with Crippen LogP contribution in [0.15, 0.2) is 47.2 Å². The summed E-state index contributed by atoms with van der Waals surface area (Å²) in [4.78, 5) is 0. The fraction of sp³-hybridized carbons (Fsp3) is 0.636. The molecule has 2 unspecified atom stereocenters. The van der Waals surface area contributed by atoms with Gasteiger partial charge in [0.25, 0.3) is 0 Å². The molecule has 0 rings (SSSR count). The summed E-state index contributed by atoms with van der Waals surface area (Å²) in [5, 5.41) is 3.20. The van der Waals surface area contributed by atoms with Crippen molar-refractivity contribution in [2.75, 3.05) is 7.05 Å². The van der Waals surface area contributed by atoms with Gasteiger partial charge in [-0.2, -0.15) is 0 Å². The summed E-state index contributed by atoms with van der Waals surface area (Å²) < 4.78 is 0. The molecule has 0 heterocycles. The molecule has 1 nitrogen and oxygen atoms in total. The van der Waals surface area contributed by atoms with Crippen LogP contribution in [0.4, 0.5) is 0 Å². The van der Waals surface area contributed by atoms with Crippen LogP contribution in [0.3, 0.4) is 0 Å². The summed E-state index contributed by atoms with van der Waals surface area (Å²) in [6, 6.07) is 0. The van der Waals surface area contributed by atoms with Crippen molar-refractivity contribution in [3.63, 3.8) is 0 Å². The monoisotopic (exact) mass is 317 g/mol. The Balaban J connectivity index is 4.83. The smallest absolute Gasteiger partial charge is 0.00320 e. The Kier molecular flexibility index (Phi) is 11.6. The number of nitrogens with one attached hydrogen (secondary N) is 1. The van der Waals surface area contributed by atoms with Crippen molar-refractivity contribution in [3.8, 4) is 0 Å². The van der Waals surface area contributed by atoms with E-state index in [1.165, 1.54) is 23.3 Å². The second kappa shape index (κ2) is 12.2. The summed E-state index contributed by atoms with van der Waals surface area (Å²) in [6.45, 7) is 15.7. The summed E-state index contributed by atoms with van der Waals surface area (Å²) in [5.41, 5.74) is 4.12.